The third-order valence-corrected chi connectivity index (χ3v) is 8.37. The molecule has 1 heterocycles. The van der Waals surface area contributed by atoms with E-state index in [9.17, 15) is 48.6 Å². The molecule has 2 rings (SSSR count). The summed E-state index contributed by atoms with van der Waals surface area (Å²) in [4.78, 5) is 104. The number of primary amides is 1. The summed E-state index contributed by atoms with van der Waals surface area (Å²) >= 11 is 0. The Morgan fingerprint density at radius 3 is 1.94 bits per heavy atom. The van der Waals surface area contributed by atoms with Crippen LogP contribution in [0.4, 0.5) is 0 Å². The maximum Gasteiger partial charge on any atom is 0.326 e. The quantitative estimate of drug-likeness (QED) is 0.0701. The molecular formula is C34H50N8O10. The van der Waals surface area contributed by atoms with Crippen molar-refractivity contribution >= 4 is 58.3 Å². The van der Waals surface area contributed by atoms with Crippen LogP contribution in [0.1, 0.15) is 65.4 Å². The number of fused-ring (bicyclic) bond motifs is 1. The summed E-state index contributed by atoms with van der Waals surface area (Å²) in [6.07, 6.45) is 0.407. The Balaban J connectivity index is 2.48. The van der Waals surface area contributed by atoms with Crippen molar-refractivity contribution in [1.82, 2.24) is 31.6 Å². The number of benzene rings is 1. The van der Waals surface area contributed by atoms with Crippen LogP contribution in [0, 0.1) is 11.8 Å². The number of carbonyl (C=O) groups is 8. The van der Waals surface area contributed by atoms with Gasteiger partial charge < -0.3 is 53.2 Å². The standard InChI is InChI=1S/C34H50N8O10/c1-5-18(4)29(42-27(44)15-35)33(50)38-22(10-11-28(45)46)30(47)40-24(13-19-16-37-21-9-7-6-8-20(19)21)32(49)39-23(12-17(2)3)31(48)41-25(34(51)52)14-26(36)43/h6-9,16-18,22-25,29,37H,5,10-15,35H2,1-4H3,(H2,36,43)(H,38,50)(H,39,49)(H,40,47)(H,41,48)(H,42,44)(H,45,46)(H,51,52)/t18-,22-,23-,24-,25-,29-/m0/s1. The molecule has 18 nitrogen and oxygen atoms in total. The number of carboxylic acid groups (broad SMARTS) is 2. The molecule has 0 saturated heterocycles. The van der Waals surface area contributed by atoms with Crippen LogP contribution < -0.4 is 38.1 Å². The number of para-hydroxylation sites is 1. The Morgan fingerprint density at radius 2 is 1.37 bits per heavy atom. The number of carbonyl (C=O) groups excluding carboxylic acids is 6. The molecule has 0 spiro atoms. The van der Waals surface area contributed by atoms with E-state index in [1.807, 2.05) is 0 Å². The average Bonchev–Trinajstić information content (AvgIpc) is 3.49. The van der Waals surface area contributed by atoms with E-state index in [1.165, 1.54) is 0 Å². The SMILES string of the molecule is CC[C@H](C)[C@H](NC(=O)CN)C(=O)N[C@@H](CCC(=O)O)C(=O)N[C@@H](Cc1c[nH]c2ccccc12)C(=O)N[C@@H](CC(C)C)C(=O)N[C@@H](CC(N)=O)C(=O)O. The second kappa shape index (κ2) is 20.4. The van der Waals surface area contributed by atoms with Gasteiger partial charge in [0.2, 0.25) is 35.4 Å². The minimum absolute atomic E-state index is 0.0387. The Morgan fingerprint density at radius 1 is 0.788 bits per heavy atom. The fourth-order valence-corrected chi connectivity index (χ4v) is 5.38. The van der Waals surface area contributed by atoms with Crippen molar-refractivity contribution in [1.29, 1.82) is 0 Å². The molecule has 52 heavy (non-hydrogen) atoms. The lowest BCUT2D eigenvalue weighted by atomic mass is 9.97. The first-order chi connectivity index (χ1) is 24.5. The summed E-state index contributed by atoms with van der Waals surface area (Å²) in [5.41, 5.74) is 11.9. The van der Waals surface area contributed by atoms with E-state index in [4.69, 9.17) is 11.5 Å². The highest BCUT2D eigenvalue weighted by Gasteiger charge is 2.34. The van der Waals surface area contributed by atoms with Gasteiger partial charge in [0.05, 0.1) is 13.0 Å². The third kappa shape index (κ3) is 13.3. The van der Waals surface area contributed by atoms with Crippen LogP contribution >= 0.6 is 0 Å². The molecule has 0 bridgehead atoms. The third-order valence-electron chi connectivity index (χ3n) is 8.37. The Kier molecular flexibility index (Phi) is 16.7. The topological polar surface area (TPSA) is 305 Å². The highest BCUT2D eigenvalue weighted by Crippen LogP contribution is 2.20. The summed E-state index contributed by atoms with van der Waals surface area (Å²) in [6, 6.07) is 0.213. The van der Waals surface area contributed by atoms with Gasteiger partial charge in [-0.15, -0.1) is 0 Å². The lowest BCUT2D eigenvalue weighted by molar-refractivity contribution is -0.144. The Hall–Kier alpha value is -5.52. The largest absolute Gasteiger partial charge is 0.481 e. The second-order valence-electron chi connectivity index (χ2n) is 13.0. The van der Waals surface area contributed by atoms with Crippen LogP contribution in [0.2, 0.25) is 0 Å². The highest BCUT2D eigenvalue weighted by atomic mass is 16.4. The van der Waals surface area contributed by atoms with E-state index >= 15 is 0 Å². The fourth-order valence-electron chi connectivity index (χ4n) is 5.38. The molecule has 1 aromatic heterocycles. The van der Waals surface area contributed by atoms with Crippen molar-refractivity contribution in [3.05, 3.63) is 36.0 Å². The molecule has 0 fully saturated rings. The predicted octanol–water partition coefficient (Wildman–Crippen LogP) is -0.990. The van der Waals surface area contributed by atoms with Crippen LogP contribution in [-0.4, -0.2) is 99.3 Å². The molecule has 286 valence electrons. The molecule has 1 aromatic carbocycles. The number of H-pyrrole nitrogens is 1. The zero-order valence-corrected chi connectivity index (χ0v) is 29.7. The maximum atomic E-state index is 14.0. The molecule has 6 amide bonds. The lowest BCUT2D eigenvalue weighted by Crippen LogP contribution is -2.60. The van der Waals surface area contributed by atoms with Crippen LogP contribution in [-0.2, 0) is 44.8 Å². The van der Waals surface area contributed by atoms with Gasteiger partial charge in [0, 0.05) is 29.9 Å². The molecule has 0 saturated carbocycles. The summed E-state index contributed by atoms with van der Waals surface area (Å²) in [7, 11) is 0. The van der Waals surface area contributed by atoms with Gasteiger partial charge in [-0.2, -0.15) is 0 Å². The maximum absolute atomic E-state index is 14.0. The molecule has 0 radical (unpaired) electrons. The average molecular weight is 731 g/mol. The monoisotopic (exact) mass is 730 g/mol. The number of rotatable bonds is 22. The molecule has 2 aromatic rings. The first-order valence-corrected chi connectivity index (χ1v) is 17.0. The number of nitrogens with two attached hydrogens (primary N) is 2. The van der Waals surface area contributed by atoms with Crippen LogP contribution in [0.3, 0.4) is 0 Å². The Labute approximate surface area is 300 Å². The molecule has 0 aliphatic rings. The molecule has 12 N–H and O–H groups in total. The summed E-state index contributed by atoms with van der Waals surface area (Å²) in [5, 5.41) is 32.1. The van der Waals surface area contributed by atoms with Crippen LogP contribution in [0.5, 0.6) is 0 Å². The van der Waals surface area contributed by atoms with Gasteiger partial charge in [0.25, 0.3) is 0 Å². The number of hydrogen-bond donors (Lipinski definition) is 10. The summed E-state index contributed by atoms with van der Waals surface area (Å²) in [6.45, 7) is 6.60. The summed E-state index contributed by atoms with van der Waals surface area (Å²) in [5.74, 6) is -8.39. The highest BCUT2D eigenvalue weighted by molar-refractivity contribution is 5.97. The number of aromatic amines is 1. The van der Waals surface area contributed by atoms with Crippen molar-refractivity contribution in [3.8, 4) is 0 Å². The van der Waals surface area contributed by atoms with Gasteiger partial charge in [-0.05, 0) is 36.3 Å². The van der Waals surface area contributed by atoms with E-state index in [-0.39, 0.29) is 25.2 Å². The number of aliphatic carboxylic acids is 2. The molecular weight excluding hydrogens is 680 g/mol. The predicted molar refractivity (Wildman–Crippen MR) is 188 cm³/mol. The first-order valence-electron chi connectivity index (χ1n) is 17.0. The van der Waals surface area contributed by atoms with Gasteiger partial charge in [-0.3, -0.25) is 33.6 Å². The van der Waals surface area contributed by atoms with E-state index in [0.717, 1.165) is 10.9 Å². The fraction of sp³-hybridized carbons (Fsp3) is 0.529. The minimum Gasteiger partial charge on any atom is -0.481 e. The zero-order chi connectivity index (χ0) is 39.1. The minimum atomic E-state index is -1.66. The van der Waals surface area contributed by atoms with Crippen molar-refractivity contribution < 1.29 is 48.6 Å². The normalized spacial score (nSPS) is 14.6. The number of hydrogen-bond acceptors (Lipinski definition) is 9. The molecule has 0 unspecified atom stereocenters. The van der Waals surface area contributed by atoms with Gasteiger partial charge in [0.1, 0.15) is 30.2 Å². The van der Waals surface area contributed by atoms with Crippen molar-refractivity contribution in [2.45, 2.75) is 96.4 Å². The van der Waals surface area contributed by atoms with E-state index in [1.54, 1.807) is 58.2 Å². The second-order valence-corrected chi connectivity index (χ2v) is 13.0. The van der Waals surface area contributed by atoms with Gasteiger partial charge in [0.15, 0.2) is 0 Å². The molecule has 18 heteroatoms. The molecule has 0 aliphatic carbocycles. The van der Waals surface area contributed by atoms with Gasteiger partial charge in [-0.25, -0.2) is 4.79 Å². The van der Waals surface area contributed by atoms with Crippen LogP contribution in [0.25, 0.3) is 10.9 Å². The van der Waals surface area contributed by atoms with Crippen molar-refractivity contribution in [3.63, 3.8) is 0 Å². The zero-order valence-electron chi connectivity index (χ0n) is 29.7. The van der Waals surface area contributed by atoms with E-state index in [0.29, 0.717) is 12.0 Å². The van der Waals surface area contributed by atoms with Crippen LogP contribution in [0.15, 0.2) is 30.5 Å². The van der Waals surface area contributed by atoms with Gasteiger partial charge in [-0.1, -0.05) is 52.3 Å². The Bertz CT molecular complexity index is 1610. The van der Waals surface area contributed by atoms with Crippen molar-refractivity contribution in [2.75, 3.05) is 6.54 Å². The summed E-state index contributed by atoms with van der Waals surface area (Å²) < 4.78 is 0. The molecule has 6 atom stereocenters. The smallest absolute Gasteiger partial charge is 0.326 e. The molecule has 0 aliphatic heterocycles. The first kappa shape index (κ1) is 42.6. The number of nitrogens with one attached hydrogen (secondary N) is 6. The van der Waals surface area contributed by atoms with E-state index < -0.39 is 103 Å². The number of carboxylic acids is 2. The lowest BCUT2D eigenvalue weighted by Gasteiger charge is -2.28. The van der Waals surface area contributed by atoms with Crippen molar-refractivity contribution in [2.24, 2.45) is 23.3 Å². The number of aromatic nitrogens is 1. The van der Waals surface area contributed by atoms with E-state index in [2.05, 4.69) is 31.6 Å². The van der Waals surface area contributed by atoms with Gasteiger partial charge >= 0.3 is 11.9 Å². The number of amides is 6.